The van der Waals surface area contributed by atoms with Crippen molar-refractivity contribution in [2.24, 2.45) is 0 Å². The number of fused-ring (bicyclic) bond motifs is 1. The van der Waals surface area contributed by atoms with Crippen LogP contribution in [0.25, 0.3) is 10.8 Å². The molecule has 0 aliphatic carbocycles. The molecule has 0 saturated carbocycles. The van der Waals surface area contributed by atoms with E-state index in [2.05, 4.69) is 17.6 Å². The number of hydrogen-bond donors (Lipinski definition) is 3. The van der Waals surface area contributed by atoms with Crippen LogP contribution >= 0.6 is 0 Å². The molecule has 3 rings (SSSR count). The van der Waals surface area contributed by atoms with Crippen LogP contribution < -0.4 is 10.6 Å². The number of phenols is 1. The van der Waals surface area contributed by atoms with Gasteiger partial charge >= 0.3 is 6.09 Å². The summed E-state index contributed by atoms with van der Waals surface area (Å²) >= 11 is 0. The summed E-state index contributed by atoms with van der Waals surface area (Å²) in [6.45, 7) is 11.1. The Morgan fingerprint density at radius 1 is 0.929 bits per heavy atom. The Balaban J connectivity index is 1.97. The molecular weight excluding hydrogens is 530 g/mol. The SMILES string of the molecule is CCCCCCCN(C(=O)C(C)NC(=O)OC(C)(C)C)C(C(=O)Nc1ccc2ccccc2c1)c1ccc(O)c(C)c1. The van der Waals surface area contributed by atoms with Gasteiger partial charge in [0.15, 0.2) is 0 Å². The van der Waals surface area contributed by atoms with Crippen molar-refractivity contribution >= 4 is 34.4 Å². The number of phenolic OH excluding ortho intramolecular Hbond substituents is 1. The Kier molecular flexibility index (Phi) is 11.4. The van der Waals surface area contributed by atoms with Crippen LogP contribution in [-0.2, 0) is 14.3 Å². The lowest BCUT2D eigenvalue weighted by atomic mass is 9.99. The van der Waals surface area contributed by atoms with Crippen molar-refractivity contribution in [1.82, 2.24) is 10.2 Å². The highest BCUT2D eigenvalue weighted by molar-refractivity contribution is 6.00. The molecule has 2 atom stereocenters. The van der Waals surface area contributed by atoms with Crippen molar-refractivity contribution in [2.75, 3.05) is 11.9 Å². The molecule has 0 aromatic heterocycles. The first-order valence-corrected chi connectivity index (χ1v) is 14.8. The summed E-state index contributed by atoms with van der Waals surface area (Å²) in [7, 11) is 0. The lowest BCUT2D eigenvalue weighted by Crippen LogP contribution is -2.51. The number of rotatable bonds is 12. The molecule has 0 heterocycles. The standard InChI is InChI=1S/C34H45N3O5/c1-7-8-9-10-13-20-37(32(40)24(3)35-33(41)42-34(4,5)6)30(27-17-19-29(38)23(2)21-27)31(39)36-28-18-16-25-14-11-12-15-26(25)22-28/h11-12,14-19,21-22,24,30,38H,7-10,13,20H2,1-6H3,(H,35,41)(H,36,39). The Hall–Kier alpha value is -4.07. The van der Waals surface area contributed by atoms with Gasteiger partial charge in [-0.1, -0.05) is 69.0 Å². The molecule has 226 valence electrons. The maximum Gasteiger partial charge on any atom is 0.408 e. The maximum absolute atomic E-state index is 14.1. The average molecular weight is 576 g/mol. The summed E-state index contributed by atoms with van der Waals surface area (Å²) in [5, 5.41) is 17.9. The topological polar surface area (TPSA) is 108 Å². The molecule has 0 saturated heterocycles. The normalized spacial score (nSPS) is 12.8. The average Bonchev–Trinajstić information content (AvgIpc) is 2.92. The molecule has 3 aromatic rings. The van der Waals surface area contributed by atoms with Crippen LogP contribution in [0.4, 0.5) is 10.5 Å². The number of aryl methyl sites for hydroxylation is 1. The van der Waals surface area contributed by atoms with Gasteiger partial charge in [0, 0.05) is 12.2 Å². The van der Waals surface area contributed by atoms with Gasteiger partial charge in [0.2, 0.25) is 5.91 Å². The molecular formula is C34H45N3O5. The van der Waals surface area contributed by atoms with E-state index in [-0.39, 0.29) is 11.7 Å². The maximum atomic E-state index is 14.1. The van der Waals surface area contributed by atoms with Gasteiger partial charge in [0.1, 0.15) is 23.4 Å². The zero-order valence-corrected chi connectivity index (χ0v) is 25.7. The van der Waals surface area contributed by atoms with Crippen LogP contribution in [0.3, 0.4) is 0 Å². The van der Waals surface area contributed by atoms with Gasteiger partial charge in [-0.05, 0) is 87.2 Å². The van der Waals surface area contributed by atoms with Crippen molar-refractivity contribution in [3.63, 3.8) is 0 Å². The van der Waals surface area contributed by atoms with E-state index in [1.54, 1.807) is 46.8 Å². The second-order valence-electron chi connectivity index (χ2n) is 11.8. The number of anilines is 1. The summed E-state index contributed by atoms with van der Waals surface area (Å²) in [5.41, 5.74) is 1.04. The highest BCUT2D eigenvalue weighted by atomic mass is 16.6. The van der Waals surface area contributed by atoms with E-state index in [1.807, 2.05) is 42.5 Å². The van der Waals surface area contributed by atoms with E-state index >= 15 is 0 Å². The number of hydrogen-bond acceptors (Lipinski definition) is 5. The van der Waals surface area contributed by atoms with Gasteiger partial charge in [0.25, 0.3) is 5.91 Å². The number of ether oxygens (including phenoxy) is 1. The van der Waals surface area contributed by atoms with Crippen molar-refractivity contribution < 1.29 is 24.2 Å². The molecule has 3 amide bonds. The molecule has 0 radical (unpaired) electrons. The molecule has 8 heteroatoms. The van der Waals surface area contributed by atoms with Crippen LogP contribution in [-0.4, -0.2) is 46.1 Å². The predicted molar refractivity (Wildman–Crippen MR) is 167 cm³/mol. The number of amides is 3. The van der Waals surface area contributed by atoms with Crippen LogP contribution in [0.2, 0.25) is 0 Å². The predicted octanol–water partition coefficient (Wildman–Crippen LogP) is 7.25. The number of nitrogens with zero attached hydrogens (tertiary/aromatic N) is 1. The largest absolute Gasteiger partial charge is 0.508 e. The van der Waals surface area contributed by atoms with Crippen LogP contribution in [0, 0.1) is 6.92 Å². The van der Waals surface area contributed by atoms with Gasteiger partial charge in [-0.15, -0.1) is 0 Å². The molecule has 8 nitrogen and oxygen atoms in total. The number of carbonyl (C=O) groups is 3. The summed E-state index contributed by atoms with van der Waals surface area (Å²) < 4.78 is 5.37. The van der Waals surface area contributed by atoms with E-state index in [0.29, 0.717) is 29.8 Å². The fourth-order valence-corrected chi connectivity index (χ4v) is 4.85. The van der Waals surface area contributed by atoms with E-state index in [0.717, 1.165) is 36.5 Å². The number of unbranched alkanes of at least 4 members (excludes halogenated alkanes) is 4. The van der Waals surface area contributed by atoms with Crippen LogP contribution in [0.1, 0.15) is 83.9 Å². The fraction of sp³-hybridized carbons (Fsp3) is 0.441. The molecule has 0 spiro atoms. The first-order chi connectivity index (χ1) is 19.9. The van der Waals surface area contributed by atoms with Gasteiger partial charge in [-0.2, -0.15) is 0 Å². The lowest BCUT2D eigenvalue weighted by molar-refractivity contribution is -0.140. The Labute approximate surface area is 249 Å². The molecule has 0 fully saturated rings. The summed E-state index contributed by atoms with van der Waals surface area (Å²) in [5.74, 6) is -0.688. The van der Waals surface area contributed by atoms with Crippen LogP contribution in [0.5, 0.6) is 5.75 Å². The van der Waals surface area contributed by atoms with Gasteiger partial charge < -0.3 is 25.4 Å². The molecule has 0 aliphatic rings. The summed E-state index contributed by atoms with van der Waals surface area (Å²) in [6.07, 6.45) is 4.09. The first kappa shape index (κ1) is 32.4. The number of nitrogens with one attached hydrogen (secondary N) is 2. The summed E-state index contributed by atoms with van der Waals surface area (Å²) in [4.78, 5) is 42.1. The van der Waals surface area contributed by atoms with Gasteiger partial charge in [0.05, 0.1) is 0 Å². The van der Waals surface area contributed by atoms with Gasteiger partial charge in [-0.25, -0.2) is 4.79 Å². The van der Waals surface area contributed by atoms with Crippen molar-refractivity contribution in [1.29, 1.82) is 0 Å². The van der Waals surface area contributed by atoms with E-state index in [1.165, 1.54) is 11.0 Å². The Morgan fingerprint density at radius 3 is 2.29 bits per heavy atom. The second kappa shape index (κ2) is 14.7. The van der Waals surface area contributed by atoms with E-state index in [9.17, 15) is 19.5 Å². The number of alkyl carbamates (subject to hydrolysis) is 1. The summed E-state index contributed by atoms with van der Waals surface area (Å²) in [6, 6.07) is 16.5. The molecule has 3 aromatic carbocycles. The highest BCUT2D eigenvalue weighted by Crippen LogP contribution is 2.29. The smallest absolute Gasteiger partial charge is 0.408 e. The Morgan fingerprint density at radius 2 is 1.62 bits per heavy atom. The third kappa shape index (κ3) is 9.23. The minimum atomic E-state index is -1.00. The minimum absolute atomic E-state index is 0.102. The molecule has 3 N–H and O–H groups in total. The molecule has 2 unspecified atom stereocenters. The lowest BCUT2D eigenvalue weighted by Gasteiger charge is -2.34. The third-order valence-electron chi connectivity index (χ3n) is 7.00. The van der Waals surface area contributed by atoms with Crippen molar-refractivity contribution in [2.45, 2.75) is 91.3 Å². The van der Waals surface area contributed by atoms with E-state index < -0.39 is 29.7 Å². The number of carbonyl (C=O) groups excluding carboxylic acids is 3. The molecule has 0 aliphatic heterocycles. The first-order valence-electron chi connectivity index (χ1n) is 14.8. The zero-order chi connectivity index (χ0) is 30.9. The van der Waals surface area contributed by atoms with Crippen molar-refractivity contribution in [3.8, 4) is 5.75 Å². The second-order valence-corrected chi connectivity index (χ2v) is 11.8. The van der Waals surface area contributed by atoms with E-state index in [4.69, 9.17) is 4.74 Å². The van der Waals surface area contributed by atoms with Crippen molar-refractivity contribution in [3.05, 3.63) is 71.8 Å². The monoisotopic (exact) mass is 575 g/mol. The number of aromatic hydroxyl groups is 1. The molecule has 42 heavy (non-hydrogen) atoms. The Bertz CT molecular complexity index is 1380. The minimum Gasteiger partial charge on any atom is -0.508 e. The fourth-order valence-electron chi connectivity index (χ4n) is 4.85. The third-order valence-corrected chi connectivity index (χ3v) is 7.00. The zero-order valence-electron chi connectivity index (χ0n) is 25.7. The molecule has 0 bridgehead atoms. The number of benzene rings is 3. The van der Waals surface area contributed by atoms with Gasteiger partial charge in [-0.3, -0.25) is 9.59 Å². The quantitative estimate of drug-likeness (QED) is 0.197. The highest BCUT2D eigenvalue weighted by Gasteiger charge is 2.35. The van der Waals surface area contributed by atoms with Crippen LogP contribution in [0.15, 0.2) is 60.7 Å².